The van der Waals surface area contributed by atoms with E-state index in [9.17, 15) is 17.6 Å². The minimum Gasteiger partial charge on any atom is -0.351 e. The number of benzene rings is 3. The van der Waals surface area contributed by atoms with Crippen molar-refractivity contribution in [3.05, 3.63) is 101 Å². The number of amides is 1. The number of carbonyl (C=O) groups excluding carboxylic acids is 1. The summed E-state index contributed by atoms with van der Waals surface area (Å²) in [5.74, 6) is -1.36. The van der Waals surface area contributed by atoms with Gasteiger partial charge in [0.05, 0.1) is 0 Å². The molecule has 0 radical (unpaired) electrons. The first kappa shape index (κ1) is 26.5. The SMILES string of the molecule is CCN(CC)Cc1ccc(CNC(=O)C(Cc2ccccc2)NS(=O)(=O)c2ccccc2F)cc1. The maximum Gasteiger partial charge on any atom is 0.244 e. The molecule has 6 nitrogen and oxygen atoms in total. The molecule has 186 valence electrons. The Labute approximate surface area is 207 Å². The lowest BCUT2D eigenvalue weighted by Crippen LogP contribution is -2.47. The van der Waals surface area contributed by atoms with Crippen LogP contribution in [0.4, 0.5) is 4.39 Å². The number of nitrogens with zero attached hydrogens (tertiary/aromatic N) is 1. The maximum atomic E-state index is 14.2. The van der Waals surface area contributed by atoms with Crippen LogP contribution >= 0.6 is 0 Å². The van der Waals surface area contributed by atoms with Crippen molar-refractivity contribution in [2.45, 2.75) is 44.3 Å². The van der Waals surface area contributed by atoms with Gasteiger partial charge in [-0.25, -0.2) is 12.8 Å². The van der Waals surface area contributed by atoms with Crippen LogP contribution in [-0.2, 0) is 34.3 Å². The summed E-state index contributed by atoms with van der Waals surface area (Å²) in [6, 6.07) is 21.1. The van der Waals surface area contributed by atoms with Crippen LogP contribution in [0.3, 0.4) is 0 Å². The Morgan fingerprint density at radius 3 is 2.09 bits per heavy atom. The van der Waals surface area contributed by atoms with Crippen LogP contribution < -0.4 is 10.0 Å². The number of halogens is 1. The summed E-state index contributed by atoms with van der Waals surface area (Å²) < 4.78 is 42.3. The molecule has 1 atom stereocenters. The second-order valence-corrected chi connectivity index (χ2v) is 9.97. The summed E-state index contributed by atoms with van der Waals surface area (Å²) >= 11 is 0. The van der Waals surface area contributed by atoms with E-state index < -0.39 is 32.7 Å². The first-order chi connectivity index (χ1) is 16.8. The van der Waals surface area contributed by atoms with Crippen LogP contribution in [0.2, 0.25) is 0 Å². The standard InChI is InChI=1S/C27H32FN3O3S/c1-3-31(4-2)20-23-16-14-22(15-17-23)19-29-27(32)25(18-21-10-6-5-7-11-21)30-35(33,34)26-13-9-8-12-24(26)28/h5-17,25,30H,3-4,18-20H2,1-2H3,(H,29,32). The molecule has 0 aliphatic carbocycles. The fourth-order valence-corrected chi connectivity index (χ4v) is 5.01. The van der Waals surface area contributed by atoms with Gasteiger partial charge in [0.15, 0.2) is 0 Å². The van der Waals surface area contributed by atoms with Crippen LogP contribution in [0.5, 0.6) is 0 Å². The molecule has 0 aliphatic rings. The summed E-state index contributed by atoms with van der Waals surface area (Å²) in [4.78, 5) is 14.9. The third-order valence-electron chi connectivity index (χ3n) is 5.81. The lowest BCUT2D eigenvalue weighted by atomic mass is 10.1. The summed E-state index contributed by atoms with van der Waals surface area (Å²) in [6.45, 7) is 7.30. The van der Waals surface area contributed by atoms with E-state index in [2.05, 4.69) is 28.8 Å². The van der Waals surface area contributed by atoms with Crippen molar-refractivity contribution in [3.8, 4) is 0 Å². The predicted octanol–water partition coefficient (Wildman–Crippen LogP) is 3.87. The molecule has 0 saturated heterocycles. The molecule has 3 aromatic rings. The highest BCUT2D eigenvalue weighted by Gasteiger charge is 2.27. The molecule has 0 saturated carbocycles. The maximum absolute atomic E-state index is 14.2. The van der Waals surface area contributed by atoms with Gasteiger partial charge >= 0.3 is 0 Å². The van der Waals surface area contributed by atoms with Gasteiger partial charge in [-0.1, -0.05) is 80.6 Å². The van der Waals surface area contributed by atoms with Gasteiger partial charge in [-0.3, -0.25) is 9.69 Å². The number of hydrogen-bond donors (Lipinski definition) is 2. The fraction of sp³-hybridized carbons (Fsp3) is 0.296. The molecule has 1 amide bonds. The minimum absolute atomic E-state index is 0.128. The zero-order chi connectivity index (χ0) is 25.3. The van der Waals surface area contributed by atoms with Gasteiger partial charge in [0, 0.05) is 13.1 Å². The number of sulfonamides is 1. The van der Waals surface area contributed by atoms with Gasteiger partial charge < -0.3 is 5.32 Å². The first-order valence-corrected chi connectivity index (χ1v) is 13.2. The van der Waals surface area contributed by atoms with E-state index in [1.807, 2.05) is 54.6 Å². The van der Waals surface area contributed by atoms with E-state index >= 15 is 0 Å². The molecule has 2 N–H and O–H groups in total. The third kappa shape index (κ3) is 7.71. The highest BCUT2D eigenvalue weighted by Crippen LogP contribution is 2.15. The molecule has 0 bridgehead atoms. The quantitative estimate of drug-likeness (QED) is 0.398. The Balaban J connectivity index is 1.71. The van der Waals surface area contributed by atoms with Crippen LogP contribution in [-0.4, -0.2) is 38.4 Å². The number of hydrogen-bond acceptors (Lipinski definition) is 4. The molecular formula is C27H32FN3O3S. The highest BCUT2D eigenvalue weighted by molar-refractivity contribution is 7.89. The molecule has 0 aliphatic heterocycles. The molecule has 0 heterocycles. The Kier molecular flexibility index (Phi) is 9.54. The van der Waals surface area contributed by atoms with Crippen LogP contribution in [0.1, 0.15) is 30.5 Å². The smallest absolute Gasteiger partial charge is 0.244 e. The normalized spacial score (nSPS) is 12.5. The average molecular weight is 498 g/mol. The molecule has 0 spiro atoms. The summed E-state index contributed by atoms with van der Waals surface area (Å²) in [6.07, 6.45) is 0.128. The lowest BCUT2D eigenvalue weighted by molar-refractivity contribution is -0.122. The highest BCUT2D eigenvalue weighted by atomic mass is 32.2. The van der Waals surface area contributed by atoms with Crippen molar-refractivity contribution in [2.75, 3.05) is 13.1 Å². The van der Waals surface area contributed by atoms with Gasteiger partial charge in [0.25, 0.3) is 0 Å². The number of carbonyl (C=O) groups is 1. The fourth-order valence-electron chi connectivity index (χ4n) is 3.73. The Morgan fingerprint density at radius 1 is 0.857 bits per heavy atom. The third-order valence-corrected chi connectivity index (χ3v) is 7.32. The van der Waals surface area contributed by atoms with Crippen molar-refractivity contribution >= 4 is 15.9 Å². The second kappa shape index (κ2) is 12.6. The Bertz CT molecular complexity index is 1200. The Hall–Kier alpha value is -3.07. The van der Waals surface area contributed by atoms with Crippen LogP contribution in [0.15, 0.2) is 83.8 Å². The number of nitrogens with one attached hydrogen (secondary N) is 2. The molecular weight excluding hydrogens is 465 g/mol. The van der Waals surface area contributed by atoms with Crippen LogP contribution in [0.25, 0.3) is 0 Å². The molecule has 0 fully saturated rings. The second-order valence-electron chi connectivity index (χ2n) is 8.29. The van der Waals surface area contributed by atoms with Crippen molar-refractivity contribution in [3.63, 3.8) is 0 Å². The largest absolute Gasteiger partial charge is 0.351 e. The van der Waals surface area contributed by atoms with Crippen LogP contribution in [0, 0.1) is 5.82 Å². The molecule has 3 rings (SSSR count). The van der Waals surface area contributed by atoms with E-state index in [1.54, 1.807) is 0 Å². The van der Waals surface area contributed by atoms with Crippen molar-refractivity contribution in [1.29, 1.82) is 0 Å². The minimum atomic E-state index is -4.25. The first-order valence-electron chi connectivity index (χ1n) is 11.7. The van der Waals surface area contributed by atoms with Crippen molar-refractivity contribution in [1.82, 2.24) is 14.9 Å². The summed E-state index contributed by atoms with van der Waals surface area (Å²) in [5, 5.41) is 2.82. The number of rotatable bonds is 12. The van der Waals surface area contributed by atoms with Gasteiger partial charge in [0.2, 0.25) is 15.9 Å². The van der Waals surface area contributed by atoms with E-state index in [0.717, 1.165) is 36.8 Å². The van der Waals surface area contributed by atoms with Gasteiger partial charge in [-0.2, -0.15) is 4.72 Å². The zero-order valence-electron chi connectivity index (χ0n) is 20.1. The summed E-state index contributed by atoms with van der Waals surface area (Å²) in [5.41, 5.74) is 2.87. The molecule has 1 unspecified atom stereocenters. The van der Waals surface area contributed by atoms with E-state index in [1.165, 1.54) is 23.8 Å². The van der Waals surface area contributed by atoms with Crippen molar-refractivity contribution in [2.24, 2.45) is 0 Å². The lowest BCUT2D eigenvalue weighted by Gasteiger charge is -2.19. The van der Waals surface area contributed by atoms with Gasteiger partial charge in [0.1, 0.15) is 16.8 Å². The van der Waals surface area contributed by atoms with Gasteiger partial charge in [-0.15, -0.1) is 0 Å². The zero-order valence-corrected chi connectivity index (χ0v) is 20.9. The predicted molar refractivity (Wildman–Crippen MR) is 136 cm³/mol. The Morgan fingerprint density at radius 2 is 1.46 bits per heavy atom. The van der Waals surface area contributed by atoms with E-state index in [4.69, 9.17) is 0 Å². The van der Waals surface area contributed by atoms with Gasteiger partial charge in [-0.05, 0) is 48.3 Å². The topological polar surface area (TPSA) is 78.5 Å². The molecule has 8 heteroatoms. The van der Waals surface area contributed by atoms with E-state index in [0.29, 0.717) is 0 Å². The monoisotopic (exact) mass is 497 g/mol. The van der Waals surface area contributed by atoms with E-state index in [-0.39, 0.29) is 13.0 Å². The molecule has 0 aromatic heterocycles. The average Bonchev–Trinajstić information content (AvgIpc) is 2.86. The summed E-state index contributed by atoms with van der Waals surface area (Å²) in [7, 11) is -4.25. The van der Waals surface area contributed by atoms with Crippen molar-refractivity contribution < 1.29 is 17.6 Å². The molecule has 35 heavy (non-hydrogen) atoms. The molecule has 3 aromatic carbocycles.